The third-order valence-corrected chi connectivity index (χ3v) is 3.71. The van der Waals surface area contributed by atoms with Gasteiger partial charge in [0, 0.05) is 30.0 Å². The van der Waals surface area contributed by atoms with Crippen LogP contribution >= 0.6 is 0 Å². The van der Waals surface area contributed by atoms with E-state index in [2.05, 4.69) is 31.0 Å². The molecule has 0 aromatic carbocycles. The highest BCUT2D eigenvalue weighted by Crippen LogP contribution is 2.29. The fourth-order valence-corrected chi connectivity index (χ4v) is 2.66. The molecule has 0 saturated carbocycles. The first kappa shape index (κ1) is 15.5. The van der Waals surface area contributed by atoms with Gasteiger partial charge in [0.05, 0.1) is 11.3 Å². The monoisotopic (exact) mass is 288 g/mol. The maximum absolute atomic E-state index is 11.4. The van der Waals surface area contributed by atoms with Crippen LogP contribution in [0.4, 0.5) is 0 Å². The first-order chi connectivity index (χ1) is 9.99. The van der Waals surface area contributed by atoms with Gasteiger partial charge in [-0.25, -0.2) is 0 Å². The van der Waals surface area contributed by atoms with Crippen molar-refractivity contribution in [2.45, 2.75) is 60.0 Å². The van der Waals surface area contributed by atoms with Crippen LogP contribution in [0.15, 0.2) is 6.20 Å². The molecule has 2 aromatic rings. The molecule has 5 heteroatoms. The number of aryl methyl sites for hydroxylation is 2. The van der Waals surface area contributed by atoms with Crippen molar-refractivity contribution in [2.75, 3.05) is 0 Å². The molecular weight excluding hydrogens is 264 g/mol. The molecule has 0 atom stereocenters. The van der Waals surface area contributed by atoms with Crippen LogP contribution in [0.3, 0.4) is 0 Å². The summed E-state index contributed by atoms with van der Waals surface area (Å²) in [5, 5.41) is 9.20. The molecule has 2 rings (SSSR count). The van der Waals surface area contributed by atoms with Crippen molar-refractivity contribution < 1.29 is 4.79 Å². The largest absolute Gasteiger partial charge is 0.298 e. The van der Waals surface area contributed by atoms with E-state index in [1.807, 2.05) is 29.4 Å². The maximum Gasteiger partial charge on any atom is 0.153 e. The van der Waals surface area contributed by atoms with Crippen molar-refractivity contribution in [1.82, 2.24) is 19.6 Å². The second kappa shape index (κ2) is 6.24. The summed E-state index contributed by atoms with van der Waals surface area (Å²) in [6, 6.07) is 0.291. The number of unbranched alkanes of at least 4 members (excludes halogenated alkanes) is 1. The lowest BCUT2D eigenvalue weighted by Crippen LogP contribution is -2.05. The lowest BCUT2D eigenvalue weighted by Gasteiger charge is -2.08. The van der Waals surface area contributed by atoms with Gasteiger partial charge >= 0.3 is 0 Å². The topological polar surface area (TPSA) is 52.7 Å². The molecule has 0 unspecified atom stereocenters. The lowest BCUT2D eigenvalue weighted by molar-refractivity contribution is 0.112. The van der Waals surface area contributed by atoms with E-state index in [4.69, 9.17) is 0 Å². The van der Waals surface area contributed by atoms with Gasteiger partial charge in [-0.1, -0.05) is 13.3 Å². The number of rotatable bonds is 6. The van der Waals surface area contributed by atoms with Crippen molar-refractivity contribution in [3.8, 4) is 11.3 Å². The molecule has 0 saturated heterocycles. The van der Waals surface area contributed by atoms with Gasteiger partial charge in [0.2, 0.25) is 0 Å². The molecular formula is C16H24N4O. The summed E-state index contributed by atoms with van der Waals surface area (Å²) in [5.41, 5.74) is 4.36. The molecule has 5 nitrogen and oxygen atoms in total. The molecule has 0 bridgehead atoms. The molecule has 2 heterocycles. The van der Waals surface area contributed by atoms with Gasteiger partial charge < -0.3 is 0 Å². The molecule has 0 fully saturated rings. The van der Waals surface area contributed by atoms with Crippen LogP contribution in [0, 0.1) is 13.8 Å². The lowest BCUT2D eigenvalue weighted by atomic mass is 10.1. The third-order valence-electron chi connectivity index (χ3n) is 3.71. The van der Waals surface area contributed by atoms with E-state index in [0.29, 0.717) is 11.6 Å². The van der Waals surface area contributed by atoms with E-state index in [-0.39, 0.29) is 0 Å². The van der Waals surface area contributed by atoms with Crippen molar-refractivity contribution >= 4 is 6.29 Å². The highest BCUT2D eigenvalue weighted by Gasteiger charge is 2.20. The van der Waals surface area contributed by atoms with Gasteiger partial charge in [-0.3, -0.25) is 14.2 Å². The maximum atomic E-state index is 11.4. The number of hydrogen-bond acceptors (Lipinski definition) is 3. The summed E-state index contributed by atoms with van der Waals surface area (Å²) in [6.45, 7) is 11.2. The number of aldehydes is 1. The summed E-state index contributed by atoms with van der Waals surface area (Å²) in [7, 11) is 0. The van der Waals surface area contributed by atoms with E-state index in [1.54, 1.807) is 0 Å². The Morgan fingerprint density at radius 1 is 1.29 bits per heavy atom. The van der Waals surface area contributed by atoms with Gasteiger partial charge in [-0.05, 0) is 34.1 Å². The minimum Gasteiger partial charge on any atom is -0.298 e. The van der Waals surface area contributed by atoms with Gasteiger partial charge in [-0.15, -0.1) is 0 Å². The summed E-state index contributed by atoms with van der Waals surface area (Å²) in [5.74, 6) is 0. The molecule has 114 valence electrons. The zero-order valence-electron chi connectivity index (χ0n) is 13.6. The van der Waals surface area contributed by atoms with Crippen LogP contribution in [0.25, 0.3) is 11.3 Å². The number of aromatic nitrogens is 4. The highest BCUT2D eigenvalue weighted by atomic mass is 16.1. The fourth-order valence-electron chi connectivity index (χ4n) is 2.66. The number of hydrogen-bond donors (Lipinski definition) is 0. The van der Waals surface area contributed by atoms with Crippen LogP contribution in [0.5, 0.6) is 0 Å². The van der Waals surface area contributed by atoms with Crippen LogP contribution in [-0.2, 0) is 6.54 Å². The molecule has 0 aliphatic heterocycles. The summed E-state index contributed by atoms with van der Waals surface area (Å²) in [4.78, 5) is 11.4. The average Bonchev–Trinajstić information content (AvgIpc) is 2.97. The molecule has 0 spiro atoms. The zero-order chi connectivity index (χ0) is 15.6. The first-order valence-corrected chi connectivity index (χ1v) is 7.58. The van der Waals surface area contributed by atoms with Crippen molar-refractivity contribution in [1.29, 1.82) is 0 Å². The molecule has 0 radical (unpaired) electrons. The van der Waals surface area contributed by atoms with E-state index < -0.39 is 0 Å². The van der Waals surface area contributed by atoms with Crippen LogP contribution in [-0.4, -0.2) is 25.8 Å². The second-order valence-corrected chi connectivity index (χ2v) is 5.75. The Kier molecular flexibility index (Phi) is 4.60. The zero-order valence-corrected chi connectivity index (χ0v) is 13.6. The smallest absolute Gasteiger partial charge is 0.153 e. The van der Waals surface area contributed by atoms with Crippen LogP contribution in [0.2, 0.25) is 0 Å². The molecule has 21 heavy (non-hydrogen) atoms. The average molecular weight is 288 g/mol. The SMILES string of the molecule is CCCCn1cc(C=O)c(-c2c(C)nn(C(C)C)c2C)n1. The van der Waals surface area contributed by atoms with E-state index in [9.17, 15) is 4.79 Å². The quantitative estimate of drug-likeness (QED) is 0.764. The van der Waals surface area contributed by atoms with E-state index >= 15 is 0 Å². The molecule has 2 aromatic heterocycles. The highest BCUT2D eigenvalue weighted by molar-refractivity contribution is 5.86. The molecule has 0 aliphatic rings. The molecule has 0 aliphatic carbocycles. The second-order valence-electron chi connectivity index (χ2n) is 5.75. The number of carbonyl (C=O) groups excluding carboxylic acids is 1. The minimum absolute atomic E-state index is 0.291. The number of carbonyl (C=O) groups is 1. The Morgan fingerprint density at radius 3 is 2.52 bits per heavy atom. The van der Waals surface area contributed by atoms with Crippen LogP contribution in [0.1, 0.15) is 61.4 Å². The van der Waals surface area contributed by atoms with Crippen molar-refractivity contribution in [3.63, 3.8) is 0 Å². The minimum atomic E-state index is 0.291. The Labute approximate surface area is 126 Å². The van der Waals surface area contributed by atoms with Gasteiger partial charge in [-0.2, -0.15) is 10.2 Å². The Hall–Kier alpha value is -1.91. The van der Waals surface area contributed by atoms with Crippen LogP contribution < -0.4 is 0 Å². The van der Waals surface area contributed by atoms with Gasteiger partial charge in [0.25, 0.3) is 0 Å². The normalized spacial score (nSPS) is 11.3. The predicted molar refractivity (Wildman–Crippen MR) is 83.6 cm³/mol. The Bertz CT molecular complexity index is 637. The predicted octanol–water partition coefficient (Wildman–Crippen LogP) is 3.56. The van der Waals surface area contributed by atoms with Gasteiger partial charge in [0.15, 0.2) is 6.29 Å². The first-order valence-electron chi connectivity index (χ1n) is 7.58. The van der Waals surface area contributed by atoms with Gasteiger partial charge in [0.1, 0.15) is 5.69 Å². The van der Waals surface area contributed by atoms with Crippen molar-refractivity contribution in [3.05, 3.63) is 23.1 Å². The van der Waals surface area contributed by atoms with Crippen molar-refractivity contribution in [2.24, 2.45) is 0 Å². The molecule has 0 amide bonds. The summed E-state index contributed by atoms with van der Waals surface area (Å²) >= 11 is 0. The molecule has 0 N–H and O–H groups in total. The Morgan fingerprint density at radius 2 is 2.00 bits per heavy atom. The third kappa shape index (κ3) is 2.91. The number of nitrogens with zero attached hydrogens (tertiary/aromatic N) is 4. The fraction of sp³-hybridized carbons (Fsp3) is 0.562. The van der Waals surface area contributed by atoms with E-state index in [0.717, 1.165) is 48.3 Å². The summed E-state index contributed by atoms with van der Waals surface area (Å²) in [6.07, 6.45) is 4.89. The summed E-state index contributed by atoms with van der Waals surface area (Å²) < 4.78 is 3.86. The standard InChI is InChI=1S/C16H24N4O/c1-6-7-8-19-9-14(10-21)16(18-19)15-12(4)17-20(11(2)3)13(15)5/h9-11H,6-8H2,1-5H3. The van der Waals surface area contributed by atoms with E-state index in [1.165, 1.54) is 0 Å². The Balaban J connectivity index is 2.51.